The summed E-state index contributed by atoms with van der Waals surface area (Å²) in [7, 11) is -4.11. The Bertz CT molecular complexity index is 1580. The minimum Gasteiger partial charge on any atom is -0.385 e. The van der Waals surface area contributed by atoms with Crippen molar-refractivity contribution in [3.05, 3.63) is 101 Å². The number of piperidine rings is 1. The second kappa shape index (κ2) is 10.9. The first-order valence-electron chi connectivity index (χ1n) is 11.9. The summed E-state index contributed by atoms with van der Waals surface area (Å²) in [5.74, 6) is 2.08. The Morgan fingerprint density at radius 2 is 1.84 bits per heavy atom. The highest BCUT2D eigenvalue weighted by Gasteiger charge is 2.36. The standard InChI is InChI=1S/C29H26N4O4S/c1-3-21-9-8-16-31-27(21)26(4-2)38(36,37)32-24-12-13-25(22(19-24)20-30)28(34)33-17-14-29(35,15-18-33)23-10-6-5-7-11-23/h1,4-13,16,19,32,35H,14-15,17-18H2,2H3/b26-4+. The van der Waals surface area contributed by atoms with Crippen molar-refractivity contribution in [2.75, 3.05) is 17.8 Å². The van der Waals surface area contributed by atoms with E-state index in [2.05, 4.69) is 15.6 Å². The fourth-order valence-electron chi connectivity index (χ4n) is 4.52. The lowest BCUT2D eigenvalue weighted by Crippen LogP contribution is -2.45. The van der Waals surface area contributed by atoms with Crippen LogP contribution in [0.4, 0.5) is 5.69 Å². The maximum atomic E-state index is 13.3. The number of allylic oxidation sites excluding steroid dienone is 1. The molecule has 0 saturated carbocycles. The summed E-state index contributed by atoms with van der Waals surface area (Å²) in [4.78, 5) is 18.9. The van der Waals surface area contributed by atoms with Crippen molar-refractivity contribution in [3.8, 4) is 18.4 Å². The number of hydrogen-bond acceptors (Lipinski definition) is 6. The van der Waals surface area contributed by atoms with Crippen molar-refractivity contribution >= 4 is 26.5 Å². The third-order valence-corrected chi connectivity index (χ3v) is 8.07. The summed E-state index contributed by atoms with van der Waals surface area (Å²) < 4.78 is 28.8. The molecule has 2 N–H and O–H groups in total. The van der Waals surface area contributed by atoms with Crippen molar-refractivity contribution in [2.24, 2.45) is 0 Å². The van der Waals surface area contributed by atoms with E-state index in [1.165, 1.54) is 30.5 Å². The highest BCUT2D eigenvalue weighted by Crippen LogP contribution is 2.33. The molecule has 8 nitrogen and oxygen atoms in total. The van der Waals surface area contributed by atoms with Crippen molar-refractivity contribution in [1.29, 1.82) is 5.26 Å². The number of aliphatic hydroxyl groups is 1. The number of nitriles is 1. The average Bonchev–Trinajstić information content (AvgIpc) is 2.94. The highest BCUT2D eigenvalue weighted by atomic mass is 32.2. The molecule has 1 aliphatic rings. The molecule has 192 valence electrons. The number of nitrogens with zero attached hydrogens (tertiary/aromatic N) is 3. The van der Waals surface area contributed by atoms with Crippen LogP contribution in [0, 0.1) is 23.7 Å². The fourth-order valence-corrected chi connectivity index (χ4v) is 5.80. The van der Waals surface area contributed by atoms with Crippen molar-refractivity contribution in [3.63, 3.8) is 0 Å². The minimum atomic E-state index is -4.11. The number of rotatable bonds is 6. The van der Waals surface area contributed by atoms with Gasteiger partial charge in [-0.05, 0) is 55.7 Å². The van der Waals surface area contributed by atoms with Crippen LogP contribution in [-0.2, 0) is 15.6 Å². The third kappa shape index (κ3) is 5.30. The van der Waals surface area contributed by atoms with Crippen LogP contribution < -0.4 is 4.72 Å². The van der Waals surface area contributed by atoms with E-state index in [1.54, 1.807) is 24.0 Å². The van der Waals surface area contributed by atoms with E-state index in [9.17, 15) is 23.6 Å². The largest absolute Gasteiger partial charge is 0.385 e. The lowest BCUT2D eigenvalue weighted by Gasteiger charge is -2.38. The first kappa shape index (κ1) is 26.6. The summed E-state index contributed by atoms with van der Waals surface area (Å²) in [6.45, 7) is 2.19. The quantitative estimate of drug-likeness (QED) is 0.470. The van der Waals surface area contributed by atoms with Gasteiger partial charge in [-0.3, -0.25) is 14.5 Å². The van der Waals surface area contributed by atoms with Gasteiger partial charge in [-0.2, -0.15) is 5.26 Å². The molecule has 3 aromatic rings. The van der Waals surface area contributed by atoms with E-state index in [1.807, 2.05) is 36.4 Å². The molecule has 1 aromatic heterocycles. The normalized spacial score (nSPS) is 15.3. The Balaban J connectivity index is 1.53. The molecule has 1 saturated heterocycles. The first-order valence-corrected chi connectivity index (χ1v) is 13.4. The van der Waals surface area contributed by atoms with Gasteiger partial charge in [0.05, 0.1) is 33.7 Å². The lowest BCUT2D eigenvalue weighted by atomic mass is 9.84. The van der Waals surface area contributed by atoms with Gasteiger partial charge < -0.3 is 10.0 Å². The molecule has 38 heavy (non-hydrogen) atoms. The van der Waals surface area contributed by atoms with E-state index in [-0.39, 0.29) is 33.3 Å². The molecule has 0 unspecified atom stereocenters. The molecule has 1 fully saturated rings. The number of anilines is 1. The summed E-state index contributed by atoms with van der Waals surface area (Å²) in [5, 5.41) is 20.8. The highest BCUT2D eigenvalue weighted by molar-refractivity contribution is 8.01. The number of terminal acetylenes is 1. The van der Waals surface area contributed by atoms with Crippen LogP contribution in [0.1, 0.15) is 52.5 Å². The smallest absolute Gasteiger partial charge is 0.263 e. The SMILES string of the molecule is C#Cc1cccnc1/C(=C\C)S(=O)(=O)Nc1ccc(C(=O)N2CCC(O)(c3ccccc3)CC2)c(C#N)c1. The van der Waals surface area contributed by atoms with Gasteiger partial charge in [0, 0.05) is 19.3 Å². The van der Waals surface area contributed by atoms with Crippen molar-refractivity contribution < 1.29 is 18.3 Å². The number of pyridine rings is 1. The van der Waals surface area contributed by atoms with E-state index in [0.29, 0.717) is 31.5 Å². The molecule has 0 aliphatic carbocycles. The fraction of sp³-hybridized carbons (Fsp3) is 0.207. The number of carbonyl (C=O) groups is 1. The predicted octanol–water partition coefficient (Wildman–Crippen LogP) is 3.86. The maximum absolute atomic E-state index is 13.3. The second-order valence-corrected chi connectivity index (χ2v) is 10.5. The Morgan fingerprint density at radius 1 is 1.13 bits per heavy atom. The Hall–Kier alpha value is -4.44. The Labute approximate surface area is 222 Å². The number of aromatic nitrogens is 1. The molecule has 1 aliphatic heterocycles. The molecule has 2 aromatic carbocycles. The van der Waals surface area contributed by atoms with Crippen LogP contribution in [0.25, 0.3) is 4.91 Å². The molecule has 4 rings (SSSR count). The number of carbonyl (C=O) groups excluding carboxylic acids is 1. The third-order valence-electron chi connectivity index (χ3n) is 6.56. The topological polar surface area (TPSA) is 123 Å². The molecular weight excluding hydrogens is 500 g/mol. The second-order valence-electron chi connectivity index (χ2n) is 8.86. The molecule has 1 amide bonds. The zero-order valence-electron chi connectivity index (χ0n) is 20.8. The van der Waals surface area contributed by atoms with Crippen molar-refractivity contribution in [1.82, 2.24) is 9.88 Å². The number of nitrogens with one attached hydrogen (secondary N) is 1. The average molecular weight is 527 g/mol. The summed E-state index contributed by atoms with van der Waals surface area (Å²) >= 11 is 0. The van der Waals surface area contributed by atoms with Crippen LogP contribution in [0.2, 0.25) is 0 Å². The summed E-state index contributed by atoms with van der Waals surface area (Å²) in [6, 6.07) is 18.7. The first-order chi connectivity index (χ1) is 18.2. The molecule has 0 bridgehead atoms. The number of benzene rings is 2. The van der Waals surface area contributed by atoms with E-state index >= 15 is 0 Å². The monoisotopic (exact) mass is 526 g/mol. The van der Waals surface area contributed by atoms with Gasteiger partial charge in [0.25, 0.3) is 15.9 Å². The van der Waals surface area contributed by atoms with Crippen LogP contribution >= 0.6 is 0 Å². The van der Waals surface area contributed by atoms with E-state index < -0.39 is 15.6 Å². The van der Waals surface area contributed by atoms with Gasteiger partial charge in [0.1, 0.15) is 11.0 Å². The van der Waals surface area contributed by atoms with Gasteiger partial charge in [0.2, 0.25) is 0 Å². The predicted molar refractivity (Wildman–Crippen MR) is 145 cm³/mol. The number of amides is 1. The number of likely N-dealkylation sites (tertiary alicyclic amines) is 1. The van der Waals surface area contributed by atoms with Crippen LogP contribution in [0.15, 0.2) is 72.9 Å². The number of hydrogen-bond donors (Lipinski definition) is 2. The molecule has 2 heterocycles. The minimum absolute atomic E-state index is 0.0308. The Morgan fingerprint density at radius 3 is 2.47 bits per heavy atom. The zero-order valence-corrected chi connectivity index (χ0v) is 21.6. The van der Waals surface area contributed by atoms with Gasteiger partial charge in [-0.1, -0.05) is 42.3 Å². The van der Waals surface area contributed by atoms with Crippen LogP contribution in [0.5, 0.6) is 0 Å². The summed E-state index contributed by atoms with van der Waals surface area (Å²) in [6.07, 6.45) is 9.07. The number of sulfonamides is 1. The molecular formula is C29H26N4O4S. The molecule has 9 heteroatoms. The van der Waals surface area contributed by atoms with Crippen LogP contribution in [0.3, 0.4) is 0 Å². The summed E-state index contributed by atoms with van der Waals surface area (Å²) in [5.41, 5.74) is 0.558. The van der Waals surface area contributed by atoms with Gasteiger partial charge >= 0.3 is 0 Å². The van der Waals surface area contributed by atoms with Gasteiger partial charge in [-0.15, -0.1) is 6.42 Å². The van der Waals surface area contributed by atoms with Crippen molar-refractivity contribution in [2.45, 2.75) is 25.4 Å². The zero-order chi connectivity index (χ0) is 27.3. The van der Waals surface area contributed by atoms with Crippen LogP contribution in [-0.4, -0.2) is 42.4 Å². The molecule has 0 radical (unpaired) electrons. The van der Waals surface area contributed by atoms with E-state index in [4.69, 9.17) is 6.42 Å². The molecule has 0 atom stereocenters. The molecule has 0 spiro atoms. The maximum Gasteiger partial charge on any atom is 0.263 e. The van der Waals surface area contributed by atoms with Gasteiger partial charge in [-0.25, -0.2) is 8.42 Å². The lowest BCUT2D eigenvalue weighted by molar-refractivity contribution is -0.0211. The van der Waals surface area contributed by atoms with E-state index in [0.717, 1.165) is 5.56 Å². The van der Waals surface area contributed by atoms with Gasteiger partial charge in [0.15, 0.2) is 0 Å². The Kier molecular flexibility index (Phi) is 7.63.